The lowest BCUT2D eigenvalue weighted by Crippen LogP contribution is -2.62. The highest BCUT2D eigenvalue weighted by molar-refractivity contribution is 5.82. The van der Waals surface area contributed by atoms with Crippen LogP contribution in [0.1, 0.15) is 46.5 Å². The number of piperazine rings is 1. The van der Waals surface area contributed by atoms with Crippen LogP contribution in [0.3, 0.4) is 0 Å². The van der Waals surface area contributed by atoms with Crippen molar-refractivity contribution in [2.45, 2.75) is 58.5 Å². The van der Waals surface area contributed by atoms with Crippen LogP contribution in [0.4, 0.5) is 0 Å². The van der Waals surface area contributed by atoms with Crippen molar-refractivity contribution in [3.8, 4) is 0 Å². The summed E-state index contributed by atoms with van der Waals surface area (Å²) in [6, 6.07) is 1.00. The summed E-state index contributed by atoms with van der Waals surface area (Å²) in [6.07, 6.45) is 5.00. The van der Waals surface area contributed by atoms with E-state index in [4.69, 9.17) is 0 Å². The molecule has 3 heteroatoms. The van der Waals surface area contributed by atoms with E-state index in [0.717, 1.165) is 13.1 Å². The molecule has 16 heavy (non-hydrogen) atoms. The minimum atomic E-state index is -0.237. The first kappa shape index (κ1) is 11.9. The second-order valence-corrected chi connectivity index (χ2v) is 6.16. The van der Waals surface area contributed by atoms with Gasteiger partial charge >= 0.3 is 0 Å². The van der Waals surface area contributed by atoms with Gasteiger partial charge in [-0.05, 0) is 12.8 Å². The zero-order chi connectivity index (χ0) is 11.8. The molecule has 0 spiro atoms. The number of fused-ring (bicyclic) bond motifs is 1. The summed E-state index contributed by atoms with van der Waals surface area (Å²) in [5.41, 5.74) is -0.237. The molecule has 2 atom stereocenters. The highest BCUT2D eigenvalue weighted by atomic mass is 16.2. The molecule has 1 saturated carbocycles. The maximum absolute atomic E-state index is 12.4. The third-order valence-electron chi connectivity index (χ3n) is 3.79. The van der Waals surface area contributed by atoms with Gasteiger partial charge in [0.1, 0.15) is 0 Å². The lowest BCUT2D eigenvalue weighted by Gasteiger charge is -2.46. The third-order valence-corrected chi connectivity index (χ3v) is 3.79. The van der Waals surface area contributed by atoms with Crippen LogP contribution in [0.5, 0.6) is 0 Å². The first-order chi connectivity index (χ1) is 7.50. The van der Waals surface area contributed by atoms with Gasteiger partial charge in [-0.25, -0.2) is 0 Å². The SMILES string of the molecule is CC(C)(C)C(=O)N1CCNC2CCCCC21. The molecule has 0 radical (unpaired) electrons. The topological polar surface area (TPSA) is 32.3 Å². The van der Waals surface area contributed by atoms with Gasteiger partial charge in [0.05, 0.1) is 0 Å². The molecule has 1 amide bonds. The predicted molar refractivity (Wildman–Crippen MR) is 65.2 cm³/mol. The summed E-state index contributed by atoms with van der Waals surface area (Å²) in [5, 5.41) is 3.56. The van der Waals surface area contributed by atoms with Crippen LogP contribution in [0.25, 0.3) is 0 Å². The molecule has 2 fully saturated rings. The third kappa shape index (κ3) is 2.24. The van der Waals surface area contributed by atoms with E-state index >= 15 is 0 Å². The number of carbonyl (C=O) groups is 1. The first-order valence-corrected chi connectivity index (χ1v) is 6.54. The molecule has 92 valence electrons. The van der Waals surface area contributed by atoms with Crippen LogP contribution in [-0.4, -0.2) is 36.0 Å². The van der Waals surface area contributed by atoms with Gasteiger partial charge in [-0.3, -0.25) is 4.79 Å². The average Bonchev–Trinajstić information content (AvgIpc) is 2.26. The van der Waals surface area contributed by atoms with Crippen molar-refractivity contribution in [3.63, 3.8) is 0 Å². The number of nitrogens with zero attached hydrogens (tertiary/aromatic N) is 1. The summed E-state index contributed by atoms with van der Waals surface area (Å²) < 4.78 is 0. The Morgan fingerprint density at radius 1 is 1.25 bits per heavy atom. The summed E-state index contributed by atoms with van der Waals surface area (Å²) in [5.74, 6) is 0.325. The van der Waals surface area contributed by atoms with Crippen LogP contribution in [0.15, 0.2) is 0 Å². The molecular weight excluding hydrogens is 200 g/mol. The molecule has 2 unspecified atom stereocenters. The summed E-state index contributed by atoms with van der Waals surface area (Å²) in [7, 11) is 0. The van der Waals surface area contributed by atoms with Gasteiger partial charge in [-0.2, -0.15) is 0 Å². The maximum Gasteiger partial charge on any atom is 0.228 e. The molecule has 0 aromatic rings. The van der Waals surface area contributed by atoms with Crippen molar-refractivity contribution < 1.29 is 4.79 Å². The number of nitrogens with one attached hydrogen (secondary N) is 1. The van der Waals surface area contributed by atoms with Crippen LogP contribution in [0.2, 0.25) is 0 Å². The van der Waals surface area contributed by atoms with Gasteiger partial charge in [-0.15, -0.1) is 0 Å². The molecule has 0 aromatic carbocycles. The van der Waals surface area contributed by atoms with Gasteiger partial charge < -0.3 is 10.2 Å². The zero-order valence-corrected chi connectivity index (χ0v) is 10.8. The lowest BCUT2D eigenvalue weighted by atomic mass is 9.85. The fraction of sp³-hybridized carbons (Fsp3) is 0.923. The number of rotatable bonds is 0. The number of hydrogen-bond acceptors (Lipinski definition) is 2. The number of carbonyl (C=O) groups excluding carboxylic acids is 1. The standard InChI is InChI=1S/C13H24N2O/c1-13(2,3)12(16)15-9-8-14-10-6-4-5-7-11(10)15/h10-11,14H,4-9H2,1-3H3. The largest absolute Gasteiger partial charge is 0.336 e. The van der Waals surface area contributed by atoms with Gasteiger partial charge in [0, 0.05) is 30.6 Å². The van der Waals surface area contributed by atoms with Crippen LogP contribution < -0.4 is 5.32 Å². The van der Waals surface area contributed by atoms with Crippen LogP contribution in [0, 0.1) is 5.41 Å². The Hall–Kier alpha value is -0.570. The average molecular weight is 224 g/mol. The van der Waals surface area contributed by atoms with Gasteiger partial charge in [0.25, 0.3) is 0 Å². The lowest BCUT2D eigenvalue weighted by molar-refractivity contribution is -0.144. The summed E-state index contributed by atoms with van der Waals surface area (Å²) in [6.45, 7) is 7.92. The second kappa shape index (κ2) is 4.36. The van der Waals surface area contributed by atoms with Gasteiger partial charge in [0.15, 0.2) is 0 Å². The molecule has 1 heterocycles. The Labute approximate surface area is 98.6 Å². The molecular formula is C13H24N2O. The molecule has 2 aliphatic rings. The van der Waals surface area contributed by atoms with E-state index < -0.39 is 0 Å². The Morgan fingerprint density at radius 3 is 2.62 bits per heavy atom. The Bertz CT molecular complexity index is 268. The van der Waals surface area contributed by atoms with E-state index in [1.54, 1.807) is 0 Å². The molecule has 1 aliphatic carbocycles. The van der Waals surface area contributed by atoms with Crippen molar-refractivity contribution >= 4 is 5.91 Å². The fourth-order valence-electron chi connectivity index (χ4n) is 2.94. The zero-order valence-electron chi connectivity index (χ0n) is 10.8. The number of amides is 1. The van der Waals surface area contributed by atoms with Crippen molar-refractivity contribution in [1.82, 2.24) is 10.2 Å². The first-order valence-electron chi connectivity index (χ1n) is 6.54. The molecule has 2 rings (SSSR count). The minimum Gasteiger partial charge on any atom is -0.336 e. The second-order valence-electron chi connectivity index (χ2n) is 6.16. The van der Waals surface area contributed by atoms with E-state index in [1.165, 1.54) is 25.7 Å². The normalized spacial score (nSPS) is 31.1. The minimum absolute atomic E-state index is 0.237. The molecule has 1 saturated heterocycles. The van der Waals surface area contributed by atoms with Crippen LogP contribution in [-0.2, 0) is 4.79 Å². The van der Waals surface area contributed by atoms with Crippen molar-refractivity contribution in [3.05, 3.63) is 0 Å². The fourth-order valence-corrected chi connectivity index (χ4v) is 2.94. The maximum atomic E-state index is 12.4. The molecule has 0 bridgehead atoms. The smallest absolute Gasteiger partial charge is 0.228 e. The molecule has 1 aliphatic heterocycles. The Kier molecular flexibility index (Phi) is 3.24. The van der Waals surface area contributed by atoms with Crippen LogP contribution >= 0.6 is 0 Å². The van der Waals surface area contributed by atoms with E-state index in [-0.39, 0.29) is 5.41 Å². The highest BCUT2D eigenvalue weighted by Crippen LogP contribution is 2.29. The Morgan fingerprint density at radius 2 is 1.94 bits per heavy atom. The van der Waals surface area contributed by atoms with Crippen molar-refractivity contribution in [1.29, 1.82) is 0 Å². The predicted octanol–water partition coefficient (Wildman–Crippen LogP) is 1.78. The van der Waals surface area contributed by atoms with Gasteiger partial charge in [0.2, 0.25) is 5.91 Å². The molecule has 3 nitrogen and oxygen atoms in total. The highest BCUT2D eigenvalue weighted by Gasteiger charge is 2.38. The van der Waals surface area contributed by atoms with E-state index in [1.807, 2.05) is 20.8 Å². The number of hydrogen-bond donors (Lipinski definition) is 1. The van der Waals surface area contributed by atoms with Crippen molar-refractivity contribution in [2.24, 2.45) is 5.41 Å². The van der Waals surface area contributed by atoms with E-state index in [9.17, 15) is 4.79 Å². The Balaban J connectivity index is 2.11. The van der Waals surface area contributed by atoms with Gasteiger partial charge in [-0.1, -0.05) is 33.6 Å². The molecule has 1 N–H and O–H groups in total. The van der Waals surface area contributed by atoms with Crippen molar-refractivity contribution in [2.75, 3.05) is 13.1 Å². The monoisotopic (exact) mass is 224 g/mol. The van der Waals surface area contributed by atoms with E-state index in [2.05, 4.69) is 10.2 Å². The summed E-state index contributed by atoms with van der Waals surface area (Å²) in [4.78, 5) is 14.5. The van der Waals surface area contributed by atoms with E-state index in [0.29, 0.717) is 18.0 Å². The molecule has 0 aromatic heterocycles. The quantitative estimate of drug-likeness (QED) is 0.680. The summed E-state index contributed by atoms with van der Waals surface area (Å²) >= 11 is 0.